The maximum Gasteiger partial charge on any atom is 0.223 e. The van der Waals surface area contributed by atoms with Crippen molar-refractivity contribution in [2.75, 3.05) is 0 Å². The number of aromatic amines is 1. The molecule has 0 aliphatic heterocycles. The highest BCUT2D eigenvalue weighted by atomic mass is 16.1. The number of hydrogen-bond donors (Lipinski definition) is 2. The van der Waals surface area contributed by atoms with Crippen LogP contribution in [0, 0.1) is 11.8 Å². The maximum atomic E-state index is 11.8. The topological polar surface area (TPSA) is 83.6 Å². The molecule has 15 heavy (non-hydrogen) atoms. The zero-order valence-electron chi connectivity index (χ0n) is 8.73. The lowest BCUT2D eigenvalue weighted by Crippen LogP contribution is -2.31. The van der Waals surface area contributed by atoms with E-state index in [9.17, 15) is 4.79 Å². The molecular weight excluding hydrogens is 194 g/mol. The summed E-state index contributed by atoms with van der Waals surface area (Å²) >= 11 is 0. The molecule has 0 bridgehead atoms. The van der Waals surface area contributed by atoms with E-state index in [2.05, 4.69) is 32.9 Å². The number of hydrogen-bond acceptors (Lipinski definition) is 4. The first-order chi connectivity index (χ1) is 7.27. The lowest BCUT2D eigenvalue weighted by atomic mass is 9.97. The summed E-state index contributed by atoms with van der Waals surface area (Å²) in [5, 5.41) is 16.2. The first-order valence-electron chi connectivity index (χ1n) is 5.27. The molecule has 0 spiro atoms. The van der Waals surface area contributed by atoms with E-state index in [0.717, 1.165) is 19.3 Å². The van der Waals surface area contributed by atoms with Crippen molar-refractivity contribution in [1.29, 1.82) is 0 Å². The molecule has 2 N–H and O–H groups in total. The predicted octanol–water partition coefficient (Wildman–Crippen LogP) is 0.252. The first kappa shape index (κ1) is 10.1. The van der Waals surface area contributed by atoms with Gasteiger partial charge in [0.2, 0.25) is 5.91 Å². The Balaban J connectivity index is 1.82. The number of tetrazole rings is 1. The first-order valence-corrected chi connectivity index (χ1v) is 5.27. The molecule has 1 aromatic heterocycles. The third-order valence-corrected chi connectivity index (χ3v) is 3.01. The van der Waals surface area contributed by atoms with Gasteiger partial charge in [-0.1, -0.05) is 18.6 Å². The lowest BCUT2D eigenvalue weighted by molar-refractivity contribution is -0.126. The number of nitrogens with one attached hydrogen (secondary N) is 2. The summed E-state index contributed by atoms with van der Waals surface area (Å²) in [5.41, 5.74) is 0. The van der Waals surface area contributed by atoms with Crippen molar-refractivity contribution in [3.05, 3.63) is 5.82 Å². The molecular formula is C9H15N5O. The van der Waals surface area contributed by atoms with E-state index in [1.54, 1.807) is 0 Å². The molecule has 1 heterocycles. The summed E-state index contributed by atoms with van der Waals surface area (Å²) in [5.74, 6) is 1.30. The fourth-order valence-electron chi connectivity index (χ4n) is 2.09. The molecule has 1 amide bonds. The molecule has 6 heteroatoms. The Hall–Kier alpha value is -1.46. The highest BCUT2D eigenvalue weighted by Gasteiger charge is 2.29. The van der Waals surface area contributed by atoms with Crippen LogP contribution in [0.1, 0.15) is 32.0 Å². The average molecular weight is 209 g/mol. The number of aromatic nitrogens is 4. The van der Waals surface area contributed by atoms with Crippen LogP contribution in [0.4, 0.5) is 0 Å². The van der Waals surface area contributed by atoms with Crippen LogP contribution in [0.15, 0.2) is 0 Å². The van der Waals surface area contributed by atoms with Gasteiger partial charge in [-0.15, -0.1) is 10.2 Å². The van der Waals surface area contributed by atoms with E-state index in [0.29, 0.717) is 18.3 Å². The van der Waals surface area contributed by atoms with Crippen LogP contribution in [0.25, 0.3) is 0 Å². The maximum absolute atomic E-state index is 11.8. The van der Waals surface area contributed by atoms with Gasteiger partial charge in [0.25, 0.3) is 0 Å². The van der Waals surface area contributed by atoms with Gasteiger partial charge in [-0.05, 0) is 18.8 Å². The molecule has 6 nitrogen and oxygen atoms in total. The Morgan fingerprint density at radius 2 is 2.47 bits per heavy atom. The number of carbonyl (C=O) groups is 1. The summed E-state index contributed by atoms with van der Waals surface area (Å²) in [6, 6.07) is 0. The van der Waals surface area contributed by atoms with Crippen molar-refractivity contribution in [1.82, 2.24) is 25.9 Å². The monoisotopic (exact) mass is 209 g/mol. The van der Waals surface area contributed by atoms with Crippen molar-refractivity contribution in [2.24, 2.45) is 11.8 Å². The standard InChI is InChI=1S/C9H15N5O/c1-6-3-2-4-7(6)9(15)10-5-8-11-13-14-12-8/h6-7H,2-5H2,1H3,(H,10,15)(H,11,12,13,14). The molecule has 1 fully saturated rings. The third-order valence-electron chi connectivity index (χ3n) is 3.01. The smallest absolute Gasteiger partial charge is 0.223 e. The van der Waals surface area contributed by atoms with Crippen molar-refractivity contribution in [3.8, 4) is 0 Å². The summed E-state index contributed by atoms with van der Waals surface area (Å²) in [6.07, 6.45) is 3.31. The van der Waals surface area contributed by atoms with Crippen molar-refractivity contribution >= 4 is 5.91 Å². The zero-order chi connectivity index (χ0) is 10.7. The molecule has 0 radical (unpaired) electrons. The van der Waals surface area contributed by atoms with Crippen LogP contribution in [-0.4, -0.2) is 26.5 Å². The normalized spacial score (nSPS) is 25.4. The number of H-pyrrole nitrogens is 1. The highest BCUT2D eigenvalue weighted by Crippen LogP contribution is 2.31. The summed E-state index contributed by atoms with van der Waals surface area (Å²) < 4.78 is 0. The SMILES string of the molecule is CC1CCCC1C(=O)NCc1nn[nH]n1. The molecule has 1 aromatic rings. The van der Waals surface area contributed by atoms with Gasteiger partial charge >= 0.3 is 0 Å². The quantitative estimate of drug-likeness (QED) is 0.747. The van der Waals surface area contributed by atoms with Gasteiger partial charge < -0.3 is 5.32 Å². The number of rotatable bonds is 3. The van der Waals surface area contributed by atoms with Gasteiger partial charge in [0.15, 0.2) is 5.82 Å². The summed E-state index contributed by atoms with van der Waals surface area (Å²) in [7, 11) is 0. The summed E-state index contributed by atoms with van der Waals surface area (Å²) in [4.78, 5) is 11.8. The minimum atomic E-state index is 0.116. The summed E-state index contributed by atoms with van der Waals surface area (Å²) in [6.45, 7) is 2.49. The third kappa shape index (κ3) is 2.31. The molecule has 0 saturated heterocycles. The van der Waals surface area contributed by atoms with Crippen molar-refractivity contribution in [3.63, 3.8) is 0 Å². The second-order valence-corrected chi connectivity index (χ2v) is 4.06. The van der Waals surface area contributed by atoms with Gasteiger partial charge in [0.1, 0.15) is 0 Å². The molecule has 1 aliphatic rings. The Kier molecular flexibility index (Phi) is 2.94. The Morgan fingerprint density at radius 1 is 1.60 bits per heavy atom. The van der Waals surface area contributed by atoms with Gasteiger partial charge in [0, 0.05) is 5.92 Å². The van der Waals surface area contributed by atoms with Crippen LogP contribution in [0.5, 0.6) is 0 Å². The number of carbonyl (C=O) groups excluding carboxylic acids is 1. The number of nitrogens with zero attached hydrogens (tertiary/aromatic N) is 3. The largest absolute Gasteiger partial charge is 0.348 e. The van der Waals surface area contributed by atoms with E-state index in [4.69, 9.17) is 0 Å². The average Bonchev–Trinajstić information content (AvgIpc) is 2.84. The fourth-order valence-corrected chi connectivity index (χ4v) is 2.09. The van der Waals surface area contributed by atoms with E-state index in [1.165, 1.54) is 0 Å². The number of amides is 1. The molecule has 2 rings (SSSR count). The van der Waals surface area contributed by atoms with E-state index in [-0.39, 0.29) is 11.8 Å². The van der Waals surface area contributed by atoms with E-state index < -0.39 is 0 Å². The molecule has 0 aromatic carbocycles. The minimum absolute atomic E-state index is 0.116. The van der Waals surface area contributed by atoms with Gasteiger partial charge in [-0.25, -0.2) is 0 Å². The Morgan fingerprint density at radius 3 is 3.07 bits per heavy atom. The van der Waals surface area contributed by atoms with E-state index >= 15 is 0 Å². The van der Waals surface area contributed by atoms with Gasteiger partial charge in [0.05, 0.1) is 6.54 Å². The minimum Gasteiger partial charge on any atom is -0.348 e. The van der Waals surface area contributed by atoms with Crippen LogP contribution in [0.3, 0.4) is 0 Å². The Labute approximate surface area is 87.8 Å². The van der Waals surface area contributed by atoms with Crippen molar-refractivity contribution in [2.45, 2.75) is 32.7 Å². The van der Waals surface area contributed by atoms with Crippen molar-refractivity contribution < 1.29 is 4.79 Å². The zero-order valence-corrected chi connectivity index (χ0v) is 8.73. The molecule has 2 unspecified atom stereocenters. The van der Waals surface area contributed by atoms with Crippen LogP contribution in [-0.2, 0) is 11.3 Å². The second-order valence-electron chi connectivity index (χ2n) is 4.06. The molecule has 82 valence electrons. The molecule has 1 aliphatic carbocycles. The van der Waals surface area contributed by atoms with Gasteiger partial charge in [-0.3, -0.25) is 4.79 Å². The van der Waals surface area contributed by atoms with E-state index in [1.807, 2.05) is 0 Å². The van der Waals surface area contributed by atoms with Gasteiger partial charge in [-0.2, -0.15) is 5.21 Å². The lowest BCUT2D eigenvalue weighted by Gasteiger charge is -2.13. The van der Waals surface area contributed by atoms with Crippen LogP contribution in [0.2, 0.25) is 0 Å². The molecule has 2 atom stereocenters. The second kappa shape index (κ2) is 4.37. The van der Waals surface area contributed by atoms with Crippen LogP contribution < -0.4 is 5.32 Å². The highest BCUT2D eigenvalue weighted by molar-refractivity contribution is 5.79. The predicted molar refractivity (Wildman–Crippen MR) is 52.5 cm³/mol. The fraction of sp³-hybridized carbons (Fsp3) is 0.778. The van der Waals surface area contributed by atoms with Crippen LogP contribution >= 0.6 is 0 Å². The Bertz CT molecular complexity index is 323. The molecule has 1 saturated carbocycles.